The Labute approximate surface area is 103 Å². The number of hydrogen-bond acceptors (Lipinski definition) is 5. The van der Waals surface area contributed by atoms with Gasteiger partial charge in [-0.05, 0) is 19.0 Å². The third kappa shape index (κ3) is 1.22. The van der Waals surface area contributed by atoms with E-state index in [4.69, 9.17) is 0 Å². The zero-order valence-electron chi connectivity index (χ0n) is 9.96. The Morgan fingerprint density at radius 1 is 1.33 bits per heavy atom. The topological polar surface area (TPSA) is 83.8 Å². The third-order valence-corrected chi connectivity index (χ3v) is 3.79. The Balaban J connectivity index is 1.90. The molecular formula is C11H13N7. The summed E-state index contributed by atoms with van der Waals surface area (Å²) in [6, 6.07) is 0. The fourth-order valence-electron chi connectivity index (χ4n) is 2.44. The molecule has 92 valence electrons. The van der Waals surface area contributed by atoms with Gasteiger partial charge in [-0.15, -0.1) is 10.2 Å². The molecule has 0 bridgehead atoms. The van der Waals surface area contributed by atoms with E-state index < -0.39 is 0 Å². The number of fused-ring (bicyclic) bond motifs is 3. The SMILES string of the molecule is CC(c1nnc2c3[nH]cnc3ncn12)C1CNC1. The Bertz CT molecular complexity index is 708. The van der Waals surface area contributed by atoms with Crippen LogP contribution in [0.25, 0.3) is 16.8 Å². The van der Waals surface area contributed by atoms with Crippen molar-refractivity contribution in [2.45, 2.75) is 12.8 Å². The smallest absolute Gasteiger partial charge is 0.189 e. The van der Waals surface area contributed by atoms with E-state index in [1.807, 2.05) is 4.40 Å². The molecule has 1 aliphatic heterocycles. The minimum Gasteiger partial charge on any atom is -0.340 e. The molecule has 1 fully saturated rings. The van der Waals surface area contributed by atoms with Gasteiger partial charge < -0.3 is 10.3 Å². The van der Waals surface area contributed by atoms with Crippen LogP contribution in [-0.4, -0.2) is 42.6 Å². The maximum absolute atomic E-state index is 4.33. The molecule has 1 aliphatic rings. The second-order valence-electron chi connectivity index (χ2n) is 4.80. The van der Waals surface area contributed by atoms with Gasteiger partial charge in [0.2, 0.25) is 0 Å². The molecule has 0 radical (unpaired) electrons. The molecule has 0 spiro atoms. The zero-order valence-corrected chi connectivity index (χ0v) is 9.96. The van der Waals surface area contributed by atoms with Gasteiger partial charge in [0.1, 0.15) is 17.7 Å². The van der Waals surface area contributed by atoms with E-state index in [-0.39, 0.29) is 0 Å². The molecule has 7 heteroatoms. The Hall–Kier alpha value is -2.02. The molecular weight excluding hydrogens is 230 g/mol. The van der Waals surface area contributed by atoms with Gasteiger partial charge in [-0.1, -0.05) is 6.92 Å². The van der Waals surface area contributed by atoms with E-state index in [2.05, 4.69) is 37.4 Å². The highest BCUT2D eigenvalue weighted by atomic mass is 15.3. The average Bonchev–Trinajstić information content (AvgIpc) is 2.91. The lowest BCUT2D eigenvalue weighted by atomic mass is 9.88. The fraction of sp³-hybridized carbons (Fsp3) is 0.455. The van der Waals surface area contributed by atoms with Gasteiger partial charge in [-0.2, -0.15) is 0 Å². The van der Waals surface area contributed by atoms with Crippen LogP contribution in [0.15, 0.2) is 12.7 Å². The third-order valence-electron chi connectivity index (χ3n) is 3.79. The molecule has 4 rings (SSSR count). The highest BCUT2D eigenvalue weighted by Gasteiger charge is 2.28. The summed E-state index contributed by atoms with van der Waals surface area (Å²) in [5, 5.41) is 11.9. The van der Waals surface area contributed by atoms with Crippen LogP contribution in [0.5, 0.6) is 0 Å². The largest absolute Gasteiger partial charge is 0.340 e. The average molecular weight is 243 g/mol. The van der Waals surface area contributed by atoms with Crippen molar-refractivity contribution >= 4 is 16.8 Å². The summed E-state index contributed by atoms with van der Waals surface area (Å²) < 4.78 is 1.96. The van der Waals surface area contributed by atoms with Crippen molar-refractivity contribution in [3.63, 3.8) is 0 Å². The number of imidazole rings is 1. The maximum atomic E-state index is 4.33. The van der Waals surface area contributed by atoms with E-state index in [9.17, 15) is 0 Å². The van der Waals surface area contributed by atoms with Crippen molar-refractivity contribution < 1.29 is 0 Å². The van der Waals surface area contributed by atoms with Gasteiger partial charge in [0.25, 0.3) is 0 Å². The molecule has 1 unspecified atom stereocenters. The van der Waals surface area contributed by atoms with E-state index in [1.165, 1.54) is 0 Å². The zero-order chi connectivity index (χ0) is 12.1. The summed E-state index contributed by atoms with van der Waals surface area (Å²) in [6.07, 6.45) is 3.39. The van der Waals surface area contributed by atoms with E-state index in [0.717, 1.165) is 30.1 Å². The number of nitrogens with zero attached hydrogens (tertiary/aromatic N) is 5. The summed E-state index contributed by atoms with van der Waals surface area (Å²) in [5.74, 6) is 1.98. The quantitative estimate of drug-likeness (QED) is 0.677. The minimum atomic E-state index is 0.378. The number of aromatic nitrogens is 6. The summed E-state index contributed by atoms with van der Waals surface area (Å²) >= 11 is 0. The molecule has 1 saturated heterocycles. The van der Waals surface area contributed by atoms with Crippen LogP contribution in [0.3, 0.4) is 0 Å². The molecule has 0 amide bonds. The molecule has 1 atom stereocenters. The number of rotatable bonds is 2. The Kier molecular flexibility index (Phi) is 1.93. The predicted octanol–water partition coefficient (Wildman–Crippen LogP) is 0.323. The lowest BCUT2D eigenvalue weighted by Crippen LogP contribution is -2.45. The van der Waals surface area contributed by atoms with Crippen LogP contribution in [-0.2, 0) is 0 Å². The number of H-pyrrole nitrogens is 1. The molecule has 2 N–H and O–H groups in total. The molecule has 0 aliphatic carbocycles. The first-order chi connectivity index (χ1) is 8.84. The van der Waals surface area contributed by atoms with E-state index >= 15 is 0 Å². The number of hydrogen-bond donors (Lipinski definition) is 2. The van der Waals surface area contributed by atoms with Crippen molar-refractivity contribution in [2.24, 2.45) is 5.92 Å². The second-order valence-corrected chi connectivity index (χ2v) is 4.80. The molecule has 4 heterocycles. The molecule has 0 saturated carbocycles. The lowest BCUT2D eigenvalue weighted by Gasteiger charge is -2.31. The van der Waals surface area contributed by atoms with Crippen LogP contribution in [0.4, 0.5) is 0 Å². The summed E-state index contributed by atoms with van der Waals surface area (Å²) in [7, 11) is 0. The molecule has 18 heavy (non-hydrogen) atoms. The number of aromatic amines is 1. The highest BCUT2D eigenvalue weighted by molar-refractivity contribution is 5.84. The van der Waals surface area contributed by atoms with Gasteiger partial charge in [0, 0.05) is 5.92 Å². The normalized spacial score (nSPS) is 18.3. The van der Waals surface area contributed by atoms with Crippen molar-refractivity contribution in [1.82, 2.24) is 34.9 Å². The van der Waals surface area contributed by atoms with Crippen molar-refractivity contribution in [2.75, 3.05) is 13.1 Å². The standard InChI is InChI=1S/C11H13N7/c1-6(7-2-12-3-7)10-16-17-11-8-9(14-4-13-8)15-5-18(10)11/h4-7,12H,2-3H2,1H3,(H,13,14). The van der Waals surface area contributed by atoms with E-state index in [0.29, 0.717) is 17.5 Å². The van der Waals surface area contributed by atoms with Crippen LogP contribution in [0, 0.1) is 5.92 Å². The van der Waals surface area contributed by atoms with Crippen LogP contribution >= 0.6 is 0 Å². The Morgan fingerprint density at radius 2 is 2.22 bits per heavy atom. The second kappa shape index (κ2) is 3.49. The van der Waals surface area contributed by atoms with Crippen molar-refractivity contribution in [1.29, 1.82) is 0 Å². The first-order valence-electron chi connectivity index (χ1n) is 6.08. The van der Waals surface area contributed by atoms with Gasteiger partial charge in [0.05, 0.1) is 6.33 Å². The van der Waals surface area contributed by atoms with Crippen molar-refractivity contribution in [3.05, 3.63) is 18.5 Å². The van der Waals surface area contributed by atoms with Crippen LogP contribution in [0.2, 0.25) is 0 Å². The summed E-state index contributed by atoms with van der Waals surface area (Å²) in [6.45, 7) is 4.30. The van der Waals surface area contributed by atoms with Gasteiger partial charge in [-0.3, -0.25) is 4.40 Å². The predicted molar refractivity (Wildman–Crippen MR) is 65.2 cm³/mol. The van der Waals surface area contributed by atoms with Crippen LogP contribution < -0.4 is 5.32 Å². The Morgan fingerprint density at radius 3 is 3.00 bits per heavy atom. The van der Waals surface area contributed by atoms with Crippen molar-refractivity contribution in [3.8, 4) is 0 Å². The lowest BCUT2D eigenvalue weighted by molar-refractivity contribution is 0.294. The van der Waals surface area contributed by atoms with E-state index in [1.54, 1.807) is 12.7 Å². The van der Waals surface area contributed by atoms with Crippen LogP contribution in [0.1, 0.15) is 18.7 Å². The van der Waals surface area contributed by atoms with Gasteiger partial charge >= 0.3 is 0 Å². The molecule has 0 aromatic carbocycles. The summed E-state index contributed by atoms with van der Waals surface area (Å²) in [4.78, 5) is 11.5. The van der Waals surface area contributed by atoms with Gasteiger partial charge in [-0.25, -0.2) is 9.97 Å². The summed E-state index contributed by atoms with van der Waals surface area (Å²) in [5.41, 5.74) is 2.32. The molecule has 3 aromatic heterocycles. The number of nitrogens with one attached hydrogen (secondary N) is 2. The highest BCUT2D eigenvalue weighted by Crippen LogP contribution is 2.26. The first-order valence-corrected chi connectivity index (χ1v) is 6.08. The molecule has 7 nitrogen and oxygen atoms in total. The molecule has 3 aromatic rings. The minimum absolute atomic E-state index is 0.378. The first kappa shape index (κ1) is 9.95. The fourth-order valence-corrected chi connectivity index (χ4v) is 2.44. The van der Waals surface area contributed by atoms with Gasteiger partial charge in [0.15, 0.2) is 11.3 Å². The monoisotopic (exact) mass is 243 g/mol. The maximum Gasteiger partial charge on any atom is 0.189 e.